The van der Waals surface area contributed by atoms with E-state index in [-0.39, 0.29) is 18.7 Å². The number of carbonyl (C=O) groups excluding carboxylic acids is 2. The van der Waals surface area contributed by atoms with Gasteiger partial charge in [0, 0.05) is 32.5 Å². The molecule has 1 heterocycles. The summed E-state index contributed by atoms with van der Waals surface area (Å²) in [6, 6.07) is 12.1. The summed E-state index contributed by atoms with van der Waals surface area (Å²) in [5, 5.41) is 14.3. The summed E-state index contributed by atoms with van der Waals surface area (Å²) in [5.41, 5.74) is 1.18. The van der Waals surface area contributed by atoms with Crippen LogP contribution in [0.4, 0.5) is 0 Å². The molecule has 1 aromatic heterocycles. The first kappa shape index (κ1) is 23.1. The van der Waals surface area contributed by atoms with Gasteiger partial charge in [0.05, 0.1) is 6.42 Å². The number of carbonyl (C=O) groups is 3. The highest BCUT2D eigenvalue weighted by atomic mass is 35.5. The zero-order valence-electron chi connectivity index (χ0n) is 16.3. The second-order valence-corrected chi connectivity index (χ2v) is 7.66. The van der Waals surface area contributed by atoms with Gasteiger partial charge in [0.1, 0.15) is 5.70 Å². The number of hydrogen-bond acceptors (Lipinski definition) is 4. The van der Waals surface area contributed by atoms with Gasteiger partial charge in [0.2, 0.25) is 0 Å². The van der Waals surface area contributed by atoms with Crippen LogP contribution in [0.1, 0.15) is 33.5 Å². The molecule has 0 aliphatic heterocycles. The summed E-state index contributed by atoms with van der Waals surface area (Å²) in [7, 11) is 0. The van der Waals surface area contributed by atoms with Crippen molar-refractivity contribution in [3.8, 4) is 0 Å². The van der Waals surface area contributed by atoms with E-state index >= 15 is 0 Å². The third-order valence-corrected chi connectivity index (χ3v) is 5.18. The number of carboxylic acids is 1. The third kappa shape index (κ3) is 6.72. The van der Waals surface area contributed by atoms with Crippen molar-refractivity contribution in [3.63, 3.8) is 0 Å². The molecule has 3 N–H and O–H groups in total. The second-order valence-electron chi connectivity index (χ2n) is 6.09. The van der Waals surface area contributed by atoms with E-state index < -0.39 is 17.8 Å². The fourth-order valence-corrected chi connectivity index (χ4v) is 3.79. The molecule has 0 saturated heterocycles. The lowest BCUT2D eigenvalue weighted by Crippen LogP contribution is -2.35. The van der Waals surface area contributed by atoms with Crippen LogP contribution in [-0.2, 0) is 9.59 Å². The summed E-state index contributed by atoms with van der Waals surface area (Å²) >= 11 is 7.40. The van der Waals surface area contributed by atoms with Crippen molar-refractivity contribution in [2.24, 2.45) is 0 Å². The number of carboxylic acid groups (broad SMARTS) is 1. The fourth-order valence-electron chi connectivity index (χ4n) is 2.47. The SMILES string of the molecule is C=C(Cl)/C(=C\C)c1ccc(/C=C(\NC(=O)c2ccccc2)C(=O)NCCC(=O)O)s1. The highest BCUT2D eigenvalue weighted by Crippen LogP contribution is 2.31. The zero-order valence-corrected chi connectivity index (χ0v) is 17.8. The fraction of sp³-hybridized carbons (Fsp3) is 0.136. The number of halogens is 1. The van der Waals surface area contributed by atoms with Gasteiger partial charge >= 0.3 is 5.97 Å². The number of benzene rings is 1. The number of amides is 2. The van der Waals surface area contributed by atoms with Crippen LogP contribution < -0.4 is 10.6 Å². The first-order valence-electron chi connectivity index (χ1n) is 9.01. The van der Waals surface area contributed by atoms with Crippen LogP contribution in [0.3, 0.4) is 0 Å². The van der Waals surface area contributed by atoms with Crippen molar-refractivity contribution in [2.75, 3.05) is 6.54 Å². The summed E-state index contributed by atoms with van der Waals surface area (Å²) in [4.78, 5) is 37.4. The topological polar surface area (TPSA) is 95.5 Å². The lowest BCUT2D eigenvalue weighted by atomic mass is 10.2. The Morgan fingerprint density at radius 2 is 1.87 bits per heavy atom. The number of hydrogen-bond donors (Lipinski definition) is 3. The summed E-state index contributed by atoms with van der Waals surface area (Å²) in [5.74, 6) is -2.06. The van der Waals surface area contributed by atoms with E-state index in [0.717, 1.165) is 10.5 Å². The average Bonchev–Trinajstić information content (AvgIpc) is 3.16. The molecular weight excluding hydrogens is 424 g/mol. The van der Waals surface area contributed by atoms with Crippen LogP contribution in [0.5, 0.6) is 0 Å². The Labute approximate surface area is 183 Å². The molecule has 8 heteroatoms. The van der Waals surface area contributed by atoms with Crippen molar-refractivity contribution in [1.82, 2.24) is 10.6 Å². The minimum absolute atomic E-state index is 0.00868. The van der Waals surface area contributed by atoms with E-state index in [1.54, 1.807) is 36.4 Å². The lowest BCUT2D eigenvalue weighted by molar-refractivity contribution is -0.136. The molecule has 0 fully saturated rings. The molecule has 0 aliphatic rings. The highest BCUT2D eigenvalue weighted by molar-refractivity contribution is 7.14. The van der Waals surface area contributed by atoms with E-state index in [0.29, 0.717) is 15.5 Å². The van der Waals surface area contributed by atoms with Gasteiger partial charge in [0.25, 0.3) is 11.8 Å². The second kappa shape index (κ2) is 11.1. The first-order valence-corrected chi connectivity index (χ1v) is 10.2. The molecule has 0 spiro atoms. The molecule has 0 atom stereocenters. The monoisotopic (exact) mass is 444 g/mol. The average molecular weight is 445 g/mol. The van der Waals surface area contributed by atoms with Gasteiger partial charge in [-0.2, -0.15) is 0 Å². The molecular formula is C22H21ClN2O4S. The van der Waals surface area contributed by atoms with Crippen LogP contribution in [0.25, 0.3) is 11.6 Å². The summed E-state index contributed by atoms with van der Waals surface area (Å²) in [6.45, 7) is 5.53. The number of thiophene rings is 1. The largest absolute Gasteiger partial charge is 0.481 e. The van der Waals surface area contributed by atoms with Crippen LogP contribution in [0.15, 0.2) is 65.8 Å². The van der Waals surface area contributed by atoms with Crippen molar-refractivity contribution in [3.05, 3.63) is 81.2 Å². The van der Waals surface area contributed by atoms with Crippen LogP contribution in [0.2, 0.25) is 0 Å². The molecule has 0 radical (unpaired) electrons. The normalized spacial score (nSPS) is 11.7. The van der Waals surface area contributed by atoms with Crippen molar-refractivity contribution in [2.45, 2.75) is 13.3 Å². The van der Waals surface area contributed by atoms with Gasteiger partial charge in [-0.3, -0.25) is 14.4 Å². The smallest absolute Gasteiger partial charge is 0.305 e. The number of nitrogens with one attached hydrogen (secondary N) is 2. The minimum Gasteiger partial charge on any atom is -0.481 e. The molecule has 0 aliphatic carbocycles. The van der Waals surface area contributed by atoms with Crippen LogP contribution >= 0.6 is 22.9 Å². The van der Waals surface area contributed by atoms with E-state index in [2.05, 4.69) is 17.2 Å². The zero-order chi connectivity index (χ0) is 22.1. The number of allylic oxidation sites excluding steroid dienone is 3. The van der Waals surface area contributed by atoms with Crippen LogP contribution in [0, 0.1) is 0 Å². The maximum atomic E-state index is 12.6. The Kier molecular flexibility index (Phi) is 8.58. The predicted molar refractivity (Wildman–Crippen MR) is 120 cm³/mol. The summed E-state index contributed by atoms with van der Waals surface area (Å²) in [6.07, 6.45) is 3.15. The molecule has 30 heavy (non-hydrogen) atoms. The Morgan fingerprint density at radius 1 is 1.17 bits per heavy atom. The van der Waals surface area contributed by atoms with E-state index in [9.17, 15) is 14.4 Å². The Balaban J connectivity index is 2.29. The van der Waals surface area contributed by atoms with Crippen molar-refractivity contribution >= 4 is 52.4 Å². The molecule has 2 rings (SSSR count). The van der Waals surface area contributed by atoms with Gasteiger partial charge < -0.3 is 15.7 Å². The maximum Gasteiger partial charge on any atom is 0.305 e. The molecule has 6 nitrogen and oxygen atoms in total. The third-order valence-electron chi connectivity index (χ3n) is 3.91. The molecule has 0 saturated carbocycles. The van der Waals surface area contributed by atoms with Gasteiger partial charge in [-0.25, -0.2) is 0 Å². The quantitative estimate of drug-likeness (QED) is 0.397. The van der Waals surface area contributed by atoms with Gasteiger partial charge in [0.15, 0.2) is 0 Å². The van der Waals surface area contributed by atoms with Gasteiger partial charge in [-0.15, -0.1) is 11.3 Å². The lowest BCUT2D eigenvalue weighted by Gasteiger charge is -2.10. The molecule has 156 valence electrons. The molecule has 0 unspecified atom stereocenters. The first-order chi connectivity index (χ1) is 14.3. The Bertz CT molecular complexity index is 1010. The Hall–Kier alpha value is -3.16. The highest BCUT2D eigenvalue weighted by Gasteiger charge is 2.16. The molecule has 1 aromatic carbocycles. The van der Waals surface area contributed by atoms with Crippen molar-refractivity contribution < 1.29 is 19.5 Å². The van der Waals surface area contributed by atoms with Crippen molar-refractivity contribution in [1.29, 1.82) is 0 Å². The molecule has 2 aromatic rings. The van der Waals surface area contributed by atoms with E-state index in [1.165, 1.54) is 17.4 Å². The predicted octanol–water partition coefficient (Wildman–Crippen LogP) is 4.27. The number of aliphatic carboxylic acids is 1. The van der Waals surface area contributed by atoms with E-state index in [1.807, 2.05) is 19.1 Å². The summed E-state index contributed by atoms with van der Waals surface area (Å²) < 4.78 is 0. The number of rotatable bonds is 9. The standard InChI is InChI=1S/C22H21ClN2O4S/c1-3-17(14(2)23)19-10-9-16(30-19)13-18(22(29)24-12-11-20(26)27)25-21(28)15-7-5-4-6-8-15/h3-10,13H,2,11-12H2,1H3,(H,24,29)(H,25,28)(H,26,27)/b17-3+,18-13-. The maximum absolute atomic E-state index is 12.6. The van der Waals surface area contributed by atoms with E-state index in [4.69, 9.17) is 16.7 Å². The van der Waals surface area contributed by atoms with Crippen LogP contribution in [-0.4, -0.2) is 29.4 Å². The Morgan fingerprint density at radius 3 is 2.47 bits per heavy atom. The molecule has 2 amide bonds. The minimum atomic E-state index is -1.03. The molecule has 0 bridgehead atoms. The van der Waals surface area contributed by atoms with Gasteiger partial charge in [-0.05, 0) is 37.3 Å². The van der Waals surface area contributed by atoms with Gasteiger partial charge in [-0.1, -0.05) is 42.5 Å².